The molecule has 2 heterocycles. The third kappa shape index (κ3) is 4.93. The van der Waals surface area contributed by atoms with Gasteiger partial charge in [0.05, 0.1) is 30.0 Å². The van der Waals surface area contributed by atoms with Crippen LogP contribution in [0.1, 0.15) is 42.9 Å². The highest BCUT2D eigenvalue weighted by Gasteiger charge is 2.47. The Bertz CT molecular complexity index is 1520. The molecule has 0 aromatic heterocycles. The van der Waals surface area contributed by atoms with Crippen molar-refractivity contribution in [3.63, 3.8) is 0 Å². The molecular weight excluding hydrogens is 506 g/mol. The molecule has 0 N–H and O–H groups in total. The zero-order valence-electron chi connectivity index (χ0n) is 21.9. The summed E-state index contributed by atoms with van der Waals surface area (Å²) in [6.45, 7) is -0.522. The van der Waals surface area contributed by atoms with Gasteiger partial charge in [0.15, 0.2) is 6.61 Å². The van der Waals surface area contributed by atoms with Crippen molar-refractivity contribution >= 4 is 40.2 Å². The molecule has 8 nitrogen and oxygen atoms in total. The van der Waals surface area contributed by atoms with Crippen LogP contribution in [0.15, 0.2) is 90.0 Å². The number of nitrogens with zero attached hydrogens (tertiary/aromatic N) is 3. The van der Waals surface area contributed by atoms with Crippen LogP contribution in [0, 0.1) is 11.8 Å². The number of carbonyl (C=O) groups excluding carboxylic acids is 4. The third-order valence-corrected chi connectivity index (χ3v) is 7.93. The van der Waals surface area contributed by atoms with Crippen LogP contribution in [0.25, 0.3) is 10.8 Å². The summed E-state index contributed by atoms with van der Waals surface area (Å²) in [6.07, 6.45) is 5.30. The Morgan fingerprint density at radius 1 is 0.850 bits per heavy atom. The number of likely N-dealkylation sites (tertiary alicyclic amines) is 1. The second-order valence-electron chi connectivity index (χ2n) is 10.4. The molecule has 1 aliphatic carbocycles. The largest absolute Gasteiger partial charge is 0.455 e. The van der Waals surface area contributed by atoms with Gasteiger partial charge in [0.2, 0.25) is 11.8 Å². The average Bonchev–Trinajstić information content (AvgIpc) is 3.55. The fraction of sp³-hybridized carbons (Fsp3) is 0.281. The fourth-order valence-electron chi connectivity index (χ4n) is 5.79. The Balaban J connectivity index is 1.12. The first-order valence-corrected chi connectivity index (χ1v) is 13.6. The van der Waals surface area contributed by atoms with Crippen molar-refractivity contribution in [2.45, 2.75) is 31.7 Å². The van der Waals surface area contributed by atoms with Gasteiger partial charge in [-0.05, 0) is 40.8 Å². The maximum atomic E-state index is 13.3. The molecule has 1 fully saturated rings. The van der Waals surface area contributed by atoms with Crippen LogP contribution >= 0.6 is 0 Å². The minimum absolute atomic E-state index is 0.0433. The molecule has 2 aliphatic heterocycles. The molecule has 3 aromatic rings. The second kappa shape index (κ2) is 10.9. The predicted molar refractivity (Wildman–Crippen MR) is 149 cm³/mol. The number of hydrazone groups is 1. The zero-order chi connectivity index (χ0) is 27.6. The summed E-state index contributed by atoms with van der Waals surface area (Å²) in [6, 6.07) is 23.5. The van der Waals surface area contributed by atoms with Gasteiger partial charge in [-0.3, -0.25) is 24.1 Å². The Hall–Kier alpha value is -4.59. The summed E-state index contributed by atoms with van der Waals surface area (Å²) in [4.78, 5) is 52.2. The van der Waals surface area contributed by atoms with E-state index < -0.39 is 18.5 Å². The van der Waals surface area contributed by atoms with Gasteiger partial charge >= 0.3 is 5.97 Å². The quantitative estimate of drug-likeness (QED) is 0.254. The number of benzene rings is 3. The molecule has 202 valence electrons. The molecule has 3 aliphatic rings. The van der Waals surface area contributed by atoms with Crippen molar-refractivity contribution in [2.24, 2.45) is 16.9 Å². The van der Waals surface area contributed by atoms with E-state index >= 15 is 0 Å². The molecular formula is C32H29N3O5. The average molecular weight is 536 g/mol. The Labute approximate surface area is 231 Å². The molecule has 0 radical (unpaired) electrons. The number of hydrogen-bond acceptors (Lipinski definition) is 6. The molecule has 40 heavy (non-hydrogen) atoms. The molecule has 1 saturated heterocycles. The van der Waals surface area contributed by atoms with Crippen molar-refractivity contribution in [3.8, 4) is 0 Å². The van der Waals surface area contributed by atoms with Crippen LogP contribution < -0.4 is 0 Å². The minimum Gasteiger partial charge on any atom is -0.455 e. The molecule has 0 bridgehead atoms. The van der Waals surface area contributed by atoms with E-state index in [-0.39, 0.29) is 42.7 Å². The molecule has 3 amide bonds. The first kappa shape index (κ1) is 25.7. The number of imide groups is 1. The van der Waals surface area contributed by atoms with Crippen molar-refractivity contribution in [2.75, 3.05) is 13.2 Å². The van der Waals surface area contributed by atoms with Crippen molar-refractivity contribution < 1.29 is 23.9 Å². The monoisotopic (exact) mass is 535 g/mol. The molecule has 8 heteroatoms. The van der Waals surface area contributed by atoms with Crippen LogP contribution in [0.5, 0.6) is 0 Å². The van der Waals surface area contributed by atoms with E-state index in [9.17, 15) is 19.2 Å². The molecule has 3 atom stereocenters. The fourth-order valence-corrected chi connectivity index (χ4v) is 5.79. The number of ether oxygens (including phenoxy) is 1. The standard InChI is InChI=1S/C32H29N3O5/c36-29(20-40-30(37)16-17-34-31(38)25-12-6-7-13-26(25)32(34)39)35-28(22-9-2-1-3-10-22)19-27(33-35)24-15-14-21-8-4-5-11-23(21)18-24/h1-11,14-15,18,25-26,28H,12-13,16-17,19-20H2/t25-,26+,28-/m0/s1. The number of fused-ring (bicyclic) bond motifs is 2. The van der Waals surface area contributed by atoms with E-state index in [1.54, 1.807) is 0 Å². The van der Waals surface area contributed by atoms with Crippen LogP contribution in [-0.2, 0) is 23.9 Å². The topological polar surface area (TPSA) is 96.3 Å². The van der Waals surface area contributed by atoms with Crippen molar-refractivity contribution in [1.82, 2.24) is 9.91 Å². The molecule has 3 aromatic carbocycles. The molecule has 0 saturated carbocycles. The van der Waals surface area contributed by atoms with Gasteiger partial charge in [-0.1, -0.05) is 78.9 Å². The first-order valence-electron chi connectivity index (χ1n) is 13.6. The van der Waals surface area contributed by atoms with E-state index in [4.69, 9.17) is 4.74 Å². The molecule has 0 unspecified atom stereocenters. The summed E-state index contributed by atoms with van der Waals surface area (Å²) in [5, 5.41) is 8.29. The van der Waals surface area contributed by atoms with Crippen LogP contribution in [0.2, 0.25) is 0 Å². The number of hydrogen-bond donors (Lipinski definition) is 0. The van der Waals surface area contributed by atoms with Gasteiger partial charge in [-0.2, -0.15) is 5.10 Å². The minimum atomic E-state index is -0.642. The number of amides is 3. The van der Waals surface area contributed by atoms with E-state index in [2.05, 4.69) is 11.2 Å². The van der Waals surface area contributed by atoms with Gasteiger partial charge < -0.3 is 4.74 Å². The lowest BCUT2D eigenvalue weighted by Gasteiger charge is -2.22. The molecule has 0 spiro atoms. The summed E-state index contributed by atoms with van der Waals surface area (Å²) in [5.41, 5.74) is 2.65. The Morgan fingerprint density at radius 3 is 2.25 bits per heavy atom. The summed E-state index contributed by atoms with van der Waals surface area (Å²) >= 11 is 0. The van der Waals surface area contributed by atoms with Crippen molar-refractivity contribution in [3.05, 3.63) is 96.1 Å². The third-order valence-electron chi connectivity index (χ3n) is 7.93. The highest BCUT2D eigenvalue weighted by atomic mass is 16.5. The first-order chi connectivity index (χ1) is 19.5. The smallest absolute Gasteiger partial charge is 0.308 e. The maximum Gasteiger partial charge on any atom is 0.308 e. The number of allylic oxidation sites excluding steroid dienone is 2. The van der Waals surface area contributed by atoms with Gasteiger partial charge in [0.1, 0.15) is 0 Å². The van der Waals surface area contributed by atoms with Crippen LogP contribution in [0.3, 0.4) is 0 Å². The lowest BCUT2D eigenvalue weighted by Crippen LogP contribution is -2.34. The Morgan fingerprint density at radius 2 is 1.52 bits per heavy atom. The highest BCUT2D eigenvalue weighted by molar-refractivity contribution is 6.06. The lowest BCUT2D eigenvalue weighted by molar-refractivity contribution is -0.153. The van der Waals surface area contributed by atoms with Crippen molar-refractivity contribution in [1.29, 1.82) is 0 Å². The summed E-state index contributed by atoms with van der Waals surface area (Å²) in [5.74, 6) is -2.23. The summed E-state index contributed by atoms with van der Waals surface area (Å²) in [7, 11) is 0. The number of rotatable bonds is 7. The summed E-state index contributed by atoms with van der Waals surface area (Å²) < 4.78 is 5.29. The lowest BCUT2D eigenvalue weighted by atomic mass is 9.85. The van der Waals surface area contributed by atoms with Crippen LogP contribution in [0.4, 0.5) is 0 Å². The Kier molecular flexibility index (Phi) is 6.99. The van der Waals surface area contributed by atoms with Gasteiger partial charge in [-0.15, -0.1) is 0 Å². The SMILES string of the molecule is O=C(CCN1C(=O)[C@H]2CC=CC[C@H]2C1=O)OCC(=O)N1N=C(c2ccc3ccccc3c2)C[C@H]1c1ccccc1. The van der Waals surface area contributed by atoms with Crippen LogP contribution in [-0.4, -0.2) is 52.5 Å². The normalized spacial score (nSPS) is 22.0. The van der Waals surface area contributed by atoms with Gasteiger partial charge in [0, 0.05) is 13.0 Å². The maximum absolute atomic E-state index is 13.3. The van der Waals surface area contributed by atoms with E-state index in [1.165, 1.54) is 5.01 Å². The van der Waals surface area contributed by atoms with E-state index in [1.807, 2.05) is 78.9 Å². The predicted octanol–water partition coefficient (Wildman–Crippen LogP) is 4.40. The van der Waals surface area contributed by atoms with E-state index in [0.29, 0.717) is 19.3 Å². The number of carbonyl (C=O) groups is 4. The highest BCUT2D eigenvalue weighted by Crippen LogP contribution is 2.35. The molecule has 6 rings (SSSR count). The van der Waals surface area contributed by atoms with Gasteiger partial charge in [0.25, 0.3) is 5.91 Å². The van der Waals surface area contributed by atoms with E-state index in [0.717, 1.165) is 32.5 Å². The second-order valence-corrected chi connectivity index (χ2v) is 10.4. The number of esters is 1. The zero-order valence-corrected chi connectivity index (χ0v) is 21.9. The van der Waals surface area contributed by atoms with Gasteiger partial charge in [-0.25, -0.2) is 5.01 Å².